The van der Waals surface area contributed by atoms with Crippen molar-refractivity contribution < 1.29 is 42.1 Å². The monoisotopic (exact) mass is 690 g/mol. The lowest BCUT2D eigenvalue weighted by atomic mass is 9.36. The first-order chi connectivity index (χ1) is 24.0. The number of benzene rings is 2. The summed E-state index contributed by atoms with van der Waals surface area (Å²) in [7, 11) is 1.60. The Kier molecular flexibility index (Phi) is 6.82. The summed E-state index contributed by atoms with van der Waals surface area (Å²) in [5.41, 5.74) is -1.78. The van der Waals surface area contributed by atoms with Crippen LogP contribution in [0.15, 0.2) is 48.7 Å². The molecule has 2 spiro atoms. The fraction of sp³-hybridized carbons (Fsp3) is 0.514. The number of fused-ring (bicyclic) bond motifs is 3. The van der Waals surface area contributed by atoms with Crippen molar-refractivity contribution in [3.8, 4) is 11.5 Å². The molecule has 50 heavy (non-hydrogen) atoms. The van der Waals surface area contributed by atoms with E-state index in [0.717, 1.165) is 23.7 Å². The van der Waals surface area contributed by atoms with Crippen molar-refractivity contribution in [2.24, 2.45) is 29.1 Å². The molecule has 1 saturated heterocycles. The molecular weight excluding hydrogens is 653 g/mol. The van der Waals surface area contributed by atoms with E-state index in [1.165, 1.54) is 0 Å². The number of carbonyl (C=O) groups is 2. The lowest BCUT2D eigenvalue weighted by molar-refractivity contribution is -0.209. The second-order valence-corrected chi connectivity index (χ2v) is 15.0. The number of carbonyl (C=O) groups excluding carboxylic acids is 1. The number of ether oxygens (including phenoxy) is 3. The first kappa shape index (κ1) is 31.6. The number of hydrogen-bond donors (Lipinski definition) is 2. The molecule has 6 aliphatic rings. The summed E-state index contributed by atoms with van der Waals surface area (Å²) in [5.74, 6) is -0.801. The molecule has 9 rings (SSSR count). The molecule has 6 atom stereocenters. The highest BCUT2D eigenvalue weighted by atomic mass is 19.4. The Labute approximate surface area is 286 Å². The molecule has 5 fully saturated rings. The maximum absolute atomic E-state index is 14.7. The predicted molar refractivity (Wildman–Crippen MR) is 172 cm³/mol. The van der Waals surface area contributed by atoms with E-state index in [4.69, 9.17) is 14.2 Å². The molecule has 1 aromatic heterocycles. The van der Waals surface area contributed by atoms with Crippen LogP contribution in [-0.4, -0.2) is 59.4 Å². The number of amides is 1. The number of hydrogen-bond acceptors (Lipinski definition) is 8. The zero-order valence-electron chi connectivity index (χ0n) is 27.5. The summed E-state index contributed by atoms with van der Waals surface area (Å²) in [6.45, 7) is 1.60. The number of carboxylic acid groups (broad SMARTS) is 1. The maximum Gasteiger partial charge on any atom is 0.434 e. The van der Waals surface area contributed by atoms with Crippen LogP contribution < -0.4 is 19.7 Å². The zero-order valence-corrected chi connectivity index (χ0v) is 27.5. The topological polar surface area (TPSA) is 123 Å². The van der Waals surface area contributed by atoms with Gasteiger partial charge in [0.05, 0.1) is 12.7 Å². The van der Waals surface area contributed by atoms with Gasteiger partial charge in [0.25, 0.3) is 5.91 Å². The number of halogens is 3. The quantitative estimate of drug-likeness (QED) is 0.298. The molecule has 3 aromatic rings. The van der Waals surface area contributed by atoms with E-state index in [1.807, 2.05) is 36.4 Å². The molecule has 2 N–H and O–H groups in total. The van der Waals surface area contributed by atoms with Gasteiger partial charge in [0.2, 0.25) is 5.95 Å². The molecule has 10 nitrogen and oxygen atoms in total. The molecule has 4 saturated carbocycles. The van der Waals surface area contributed by atoms with Crippen molar-refractivity contribution in [2.45, 2.75) is 62.3 Å². The minimum Gasteiger partial charge on any atom is -0.497 e. The molecule has 1 amide bonds. The lowest BCUT2D eigenvalue weighted by Gasteiger charge is -2.69. The van der Waals surface area contributed by atoms with Crippen molar-refractivity contribution in [2.75, 3.05) is 31.8 Å². The van der Waals surface area contributed by atoms with Gasteiger partial charge in [0.1, 0.15) is 23.6 Å². The van der Waals surface area contributed by atoms with Gasteiger partial charge in [-0.1, -0.05) is 12.1 Å². The van der Waals surface area contributed by atoms with Crippen LogP contribution in [0.25, 0.3) is 0 Å². The molecule has 0 radical (unpaired) electrons. The van der Waals surface area contributed by atoms with E-state index in [0.29, 0.717) is 87.5 Å². The molecule has 3 heterocycles. The standard InChI is InChI=1S/C37H37F3N4O6/c1-48-24-4-2-3-20(11-24)18-50-25-5-6-28-27(15-25)34(7-9-49-10-8-34)19-44(28)33-41-17-26(30(42-33)37(38,39)40)31(45)43-36(32(46)47)23-13-21-12-22-14-29(36)35(21,22)16-23/h2-6,11,15,17,21-23,29H,7-10,12-14,16,18-19H2,1H3,(H,43,45)(H,46,47). The molecule has 2 bridgehead atoms. The Hall–Kier alpha value is -4.39. The van der Waals surface area contributed by atoms with Crippen molar-refractivity contribution in [1.82, 2.24) is 15.3 Å². The maximum atomic E-state index is 14.7. The van der Waals surface area contributed by atoms with E-state index in [-0.39, 0.29) is 23.2 Å². The first-order valence-electron chi connectivity index (χ1n) is 17.2. The third-order valence-corrected chi connectivity index (χ3v) is 13.1. The van der Waals surface area contributed by atoms with Crippen LogP contribution in [0.1, 0.15) is 65.7 Å². The molecule has 2 aliphatic heterocycles. The van der Waals surface area contributed by atoms with Crippen molar-refractivity contribution in [1.29, 1.82) is 0 Å². The summed E-state index contributed by atoms with van der Waals surface area (Å²) in [6, 6.07) is 13.1. The second-order valence-electron chi connectivity index (χ2n) is 15.0. The Morgan fingerprint density at radius 1 is 1.06 bits per heavy atom. The highest BCUT2D eigenvalue weighted by Gasteiger charge is 2.83. The number of rotatable bonds is 8. The zero-order chi connectivity index (χ0) is 34.6. The average molecular weight is 691 g/mol. The van der Waals surface area contributed by atoms with Crippen molar-refractivity contribution >= 4 is 23.5 Å². The molecule has 13 heteroatoms. The molecule has 6 unspecified atom stereocenters. The Morgan fingerprint density at radius 2 is 1.84 bits per heavy atom. The lowest BCUT2D eigenvalue weighted by Crippen LogP contribution is -2.73. The van der Waals surface area contributed by atoms with Crippen LogP contribution in [0.5, 0.6) is 11.5 Å². The number of nitrogens with zero attached hydrogens (tertiary/aromatic N) is 3. The summed E-state index contributed by atoms with van der Waals surface area (Å²) >= 11 is 0. The van der Waals surface area contributed by atoms with Gasteiger partial charge >= 0.3 is 12.1 Å². The normalized spacial score (nSPS) is 31.0. The van der Waals surface area contributed by atoms with E-state index in [9.17, 15) is 27.9 Å². The predicted octanol–water partition coefficient (Wildman–Crippen LogP) is 5.90. The highest BCUT2D eigenvalue weighted by Crippen LogP contribution is 2.83. The average Bonchev–Trinajstić information content (AvgIpc) is 3.71. The van der Waals surface area contributed by atoms with Gasteiger partial charge in [0.15, 0.2) is 5.69 Å². The number of aromatic nitrogens is 2. The van der Waals surface area contributed by atoms with E-state index >= 15 is 0 Å². The summed E-state index contributed by atoms with van der Waals surface area (Å²) in [6.07, 6.45) is 0.331. The summed E-state index contributed by atoms with van der Waals surface area (Å²) < 4.78 is 61.3. The van der Waals surface area contributed by atoms with Gasteiger partial charge in [-0.05, 0) is 109 Å². The van der Waals surface area contributed by atoms with E-state index in [1.54, 1.807) is 18.1 Å². The van der Waals surface area contributed by atoms with Gasteiger partial charge in [-0.25, -0.2) is 14.8 Å². The van der Waals surface area contributed by atoms with Crippen molar-refractivity contribution in [3.05, 3.63) is 71.0 Å². The SMILES string of the molecule is COc1cccc(COc2ccc3c(c2)C2(CCOCC2)CN3c2ncc(C(=O)NC3(C(=O)O)C4CC5CC6CC3C56C4)c(C(F)(F)F)n2)c1. The largest absolute Gasteiger partial charge is 0.497 e. The third kappa shape index (κ3) is 4.31. The molecule has 2 aromatic carbocycles. The van der Waals surface area contributed by atoms with Gasteiger partial charge in [0, 0.05) is 37.1 Å². The third-order valence-electron chi connectivity index (χ3n) is 13.1. The van der Waals surface area contributed by atoms with Crippen LogP contribution in [0.3, 0.4) is 0 Å². The molecular formula is C37H37F3N4O6. The number of alkyl halides is 3. The van der Waals surface area contributed by atoms with E-state index in [2.05, 4.69) is 15.3 Å². The van der Waals surface area contributed by atoms with Crippen molar-refractivity contribution in [3.63, 3.8) is 0 Å². The summed E-state index contributed by atoms with van der Waals surface area (Å²) in [5, 5.41) is 13.1. The summed E-state index contributed by atoms with van der Waals surface area (Å²) in [4.78, 5) is 36.6. The Balaban J connectivity index is 1.03. The number of carboxylic acids is 1. The van der Waals surface area contributed by atoms with Crippen LogP contribution >= 0.6 is 0 Å². The fourth-order valence-electron chi connectivity index (χ4n) is 10.8. The first-order valence-corrected chi connectivity index (χ1v) is 17.2. The Bertz CT molecular complexity index is 1920. The van der Waals surface area contributed by atoms with Crippen LogP contribution in [-0.2, 0) is 27.7 Å². The number of nitrogens with one attached hydrogen (secondary N) is 1. The van der Waals surface area contributed by atoms with Gasteiger partial charge in [-0.15, -0.1) is 0 Å². The highest BCUT2D eigenvalue weighted by molar-refractivity contribution is 5.99. The molecule has 262 valence electrons. The van der Waals surface area contributed by atoms with Gasteiger partial charge in [-0.2, -0.15) is 13.2 Å². The van der Waals surface area contributed by atoms with Gasteiger partial charge < -0.3 is 29.5 Å². The smallest absolute Gasteiger partial charge is 0.434 e. The molecule has 4 aliphatic carbocycles. The number of methoxy groups -OCH3 is 1. The van der Waals surface area contributed by atoms with E-state index < -0.39 is 40.3 Å². The second kappa shape index (κ2) is 10.8. The minimum atomic E-state index is -4.99. The number of aliphatic carboxylic acids is 1. The van der Waals surface area contributed by atoms with Gasteiger partial charge in [-0.3, -0.25) is 4.79 Å². The minimum absolute atomic E-state index is 0.0905. The number of anilines is 2. The van der Waals surface area contributed by atoms with Crippen LogP contribution in [0, 0.1) is 29.1 Å². The van der Waals surface area contributed by atoms with Crippen LogP contribution in [0.4, 0.5) is 24.8 Å². The van der Waals surface area contributed by atoms with Crippen LogP contribution in [0.2, 0.25) is 0 Å². The Morgan fingerprint density at radius 3 is 2.56 bits per heavy atom. The fourth-order valence-corrected chi connectivity index (χ4v) is 10.8.